The van der Waals surface area contributed by atoms with Crippen molar-refractivity contribution in [2.45, 2.75) is 64.7 Å². The molecule has 0 aliphatic carbocycles. The Balaban J connectivity index is 2.28. The van der Waals surface area contributed by atoms with Crippen molar-refractivity contribution in [3.63, 3.8) is 0 Å². The minimum atomic E-state index is -0.1000. The number of halogens is 1. The van der Waals surface area contributed by atoms with Crippen LogP contribution in [0.4, 0.5) is 0 Å². The summed E-state index contributed by atoms with van der Waals surface area (Å²) in [5.41, 5.74) is -0.191. The molecule has 0 radical (unpaired) electrons. The van der Waals surface area contributed by atoms with E-state index in [0.717, 1.165) is 18.7 Å². The molecule has 0 amide bonds. The van der Waals surface area contributed by atoms with E-state index in [9.17, 15) is 4.79 Å². The average molecular weight is 285 g/mol. The summed E-state index contributed by atoms with van der Waals surface area (Å²) >= 11 is 5.87. The highest BCUT2D eigenvalue weighted by Crippen LogP contribution is 2.30. The standard InChI is InChI=1S/C14H21ClN2O2/c1-9(2)13-16-11(15)7-12(18)17(13)8-10-5-6-14(3,4)19-10/h7,9-10H,5-6,8H2,1-4H3. The Hall–Kier alpha value is -0.870. The molecule has 1 aliphatic rings. The smallest absolute Gasteiger partial charge is 0.255 e. The predicted octanol–water partition coefficient (Wildman–Crippen LogP) is 2.98. The van der Waals surface area contributed by atoms with E-state index in [-0.39, 0.29) is 28.3 Å². The average Bonchev–Trinajstić information content (AvgIpc) is 2.61. The van der Waals surface area contributed by atoms with Gasteiger partial charge in [-0.25, -0.2) is 4.98 Å². The van der Waals surface area contributed by atoms with Crippen molar-refractivity contribution in [2.75, 3.05) is 0 Å². The van der Waals surface area contributed by atoms with Gasteiger partial charge in [0.15, 0.2) is 0 Å². The molecule has 2 heterocycles. The van der Waals surface area contributed by atoms with E-state index in [4.69, 9.17) is 16.3 Å². The molecule has 5 heteroatoms. The summed E-state index contributed by atoms with van der Waals surface area (Å²) in [6.45, 7) is 8.74. The molecule has 106 valence electrons. The zero-order valence-electron chi connectivity index (χ0n) is 11.9. The second-order valence-corrected chi connectivity index (χ2v) is 6.47. The fourth-order valence-electron chi connectivity index (χ4n) is 2.53. The summed E-state index contributed by atoms with van der Waals surface area (Å²) < 4.78 is 7.65. The molecule has 1 atom stereocenters. The SMILES string of the molecule is CC(C)c1nc(Cl)cc(=O)n1CC1CCC(C)(C)O1. The molecule has 1 aromatic rings. The van der Waals surface area contributed by atoms with E-state index in [1.807, 2.05) is 13.8 Å². The third kappa shape index (κ3) is 3.37. The molecular weight excluding hydrogens is 264 g/mol. The van der Waals surface area contributed by atoms with Crippen LogP contribution in [0.15, 0.2) is 10.9 Å². The quantitative estimate of drug-likeness (QED) is 0.802. The molecule has 1 aliphatic heterocycles. The van der Waals surface area contributed by atoms with Crippen molar-refractivity contribution in [1.29, 1.82) is 0 Å². The first-order valence-corrected chi connectivity index (χ1v) is 7.11. The van der Waals surface area contributed by atoms with E-state index in [1.165, 1.54) is 6.07 Å². The van der Waals surface area contributed by atoms with Crippen LogP contribution < -0.4 is 5.56 Å². The van der Waals surface area contributed by atoms with Crippen LogP contribution in [-0.4, -0.2) is 21.3 Å². The first-order chi connectivity index (χ1) is 8.78. The van der Waals surface area contributed by atoms with Gasteiger partial charge in [0.25, 0.3) is 5.56 Å². The molecule has 0 N–H and O–H groups in total. The lowest BCUT2D eigenvalue weighted by molar-refractivity contribution is -0.0225. The highest BCUT2D eigenvalue weighted by molar-refractivity contribution is 6.29. The van der Waals surface area contributed by atoms with Crippen molar-refractivity contribution in [2.24, 2.45) is 0 Å². The van der Waals surface area contributed by atoms with E-state index in [1.54, 1.807) is 4.57 Å². The van der Waals surface area contributed by atoms with Gasteiger partial charge in [-0.15, -0.1) is 0 Å². The second kappa shape index (κ2) is 5.25. The van der Waals surface area contributed by atoms with Crippen LogP contribution in [0.1, 0.15) is 52.3 Å². The fraction of sp³-hybridized carbons (Fsp3) is 0.714. The van der Waals surface area contributed by atoms with Crippen molar-refractivity contribution >= 4 is 11.6 Å². The zero-order chi connectivity index (χ0) is 14.2. The van der Waals surface area contributed by atoms with Crippen LogP contribution in [0, 0.1) is 0 Å². The monoisotopic (exact) mass is 284 g/mol. The minimum Gasteiger partial charge on any atom is -0.370 e. The molecule has 4 nitrogen and oxygen atoms in total. The summed E-state index contributed by atoms with van der Waals surface area (Å²) in [4.78, 5) is 16.4. The molecule has 1 saturated heterocycles. The first-order valence-electron chi connectivity index (χ1n) is 6.73. The van der Waals surface area contributed by atoms with Gasteiger partial charge in [-0.1, -0.05) is 25.4 Å². The van der Waals surface area contributed by atoms with Gasteiger partial charge >= 0.3 is 0 Å². The number of hydrogen-bond acceptors (Lipinski definition) is 3. The Kier molecular flexibility index (Phi) is 4.02. The van der Waals surface area contributed by atoms with Crippen molar-refractivity contribution in [1.82, 2.24) is 9.55 Å². The molecule has 0 aromatic carbocycles. The largest absolute Gasteiger partial charge is 0.370 e. The van der Waals surface area contributed by atoms with Gasteiger partial charge in [0.1, 0.15) is 11.0 Å². The fourth-order valence-corrected chi connectivity index (χ4v) is 2.71. The summed E-state index contributed by atoms with van der Waals surface area (Å²) in [6, 6.07) is 1.37. The van der Waals surface area contributed by atoms with E-state index < -0.39 is 0 Å². The maximum Gasteiger partial charge on any atom is 0.255 e. The molecule has 0 bridgehead atoms. The topological polar surface area (TPSA) is 44.1 Å². The number of nitrogens with zero attached hydrogens (tertiary/aromatic N) is 2. The number of hydrogen-bond donors (Lipinski definition) is 0. The molecule has 2 rings (SSSR count). The molecule has 0 spiro atoms. The molecule has 1 aromatic heterocycles. The van der Waals surface area contributed by atoms with Crippen LogP contribution in [0.5, 0.6) is 0 Å². The lowest BCUT2D eigenvalue weighted by atomic mass is 10.1. The molecule has 19 heavy (non-hydrogen) atoms. The normalized spacial score (nSPS) is 22.1. The minimum absolute atomic E-state index is 0.0770. The Morgan fingerprint density at radius 1 is 1.58 bits per heavy atom. The summed E-state index contributed by atoms with van der Waals surface area (Å²) in [5.74, 6) is 0.881. The molecule has 0 saturated carbocycles. The molecule has 1 unspecified atom stereocenters. The van der Waals surface area contributed by atoms with E-state index in [2.05, 4.69) is 18.8 Å². The Morgan fingerprint density at radius 3 is 2.79 bits per heavy atom. The zero-order valence-corrected chi connectivity index (χ0v) is 12.7. The summed E-state index contributed by atoms with van der Waals surface area (Å²) in [6.07, 6.45) is 2.07. The third-order valence-corrected chi connectivity index (χ3v) is 3.66. The van der Waals surface area contributed by atoms with Gasteiger partial charge in [0.2, 0.25) is 0 Å². The number of rotatable bonds is 3. The van der Waals surface area contributed by atoms with Gasteiger partial charge in [0.05, 0.1) is 18.2 Å². The Bertz CT molecular complexity index is 523. The highest BCUT2D eigenvalue weighted by atomic mass is 35.5. The Morgan fingerprint density at radius 2 is 2.26 bits per heavy atom. The van der Waals surface area contributed by atoms with Crippen LogP contribution in [0.3, 0.4) is 0 Å². The van der Waals surface area contributed by atoms with Gasteiger partial charge in [-0.2, -0.15) is 0 Å². The van der Waals surface area contributed by atoms with Crippen LogP contribution in [-0.2, 0) is 11.3 Å². The van der Waals surface area contributed by atoms with Crippen LogP contribution in [0.25, 0.3) is 0 Å². The lowest BCUT2D eigenvalue weighted by Gasteiger charge is -2.21. The Labute approximate surface area is 118 Å². The summed E-state index contributed by atoms with van der Waals surface area (Å²) in [5, 5.41) is 0.262. The van der Waals surface area contributed by atoms with Gasteiger partial charge < -0.3 is 4.74 Å². The summed E-state index contributed by atoms with van der Waals surface area (Å²) in [7, 11) is 0. The van der Waals surface area contributed by atoms with Crippen LogP contribution in [0.2, 0.25) is 5.15 Å². The molecule has 1 fully saturated rings. The van der Waals surface area contributed by atoms with Crippen molar-refractivity contribution in [3.05, 3.63) is 27.4 Å². The van der Waals surface area contributed by atoms with Crippen LogP contribution >= 0.6 is 11.6 Å². The third-order valence-electron chi connectivity index (χ3n) is 3.46. The number of ether oxygens (including phenoxy) is 1. The second-order valence-electron chi connectivity index (χ2n) is 6.08. The highest BCUT2D eigenvalue weighted by Gasteiger charge is 2.32. The van der Waals surface area contributed by atoms with Crippen molar-refractivity contribution < 1.29 is 4.74 Å². The van der Waals surface area contributed by atoms with Crippen molar-refractivity contribution in [3.8, 4) is 0 Å². The molecular formula is C14H21ClN2O2. The maximum atomic E-state index is 12.1. The van der Waals surface area contributed by atoms with Gasteiger partial charge in [-0.05, 0) is 26.7 Å². The lowest BCUT2D eigenvalue weighted by Crippen LogP contribution is -2.31. The number of aromatic nitrogens is 2. The maximum absolute atomic E-state index is 12.1. The predicted molar refractivity (Wildman–Crippen MR) is 75.8 cm³/mol. The van der Waals surface area contributed by atoms with E-state index >= 15 is 0 Å². The van der Waals surface area contributed by atoms with E-state index in [0.29, 0.717) is 6.54 Å². The van der Waals surface area contributed by atoms with Gasteiger partial charge in [-0.3, -0.25) is 9.36 Å². The van der Waals surface area contributed by atoms with Gasteiger partial charge in [0, 0.05) is 12.0 Å². The first kappa shape index (κ1) is 14.5.